The number of Topliss-reactive ketones (excluding diaryl/α,β-unsaturated/α-hetero) is 1. The van der Waals surface area contributed by atoms with Gasteiger partial charge in [0.1, 0.15) is 0 Å². The molecule has 0 amide bonds. The van der Waals surface area contributed by atoms with Gasteiger partial charge in [-0.15, -0.1) is 11.3 Å². The molecule has 2 rings (SSSR count). The van der Waals surface area contributed by atoms with Gasteiger partial charge in [0.25, 0.3) is 0 Å². The van der Waals surface area contributed by atoms with Crippen molar-refractivity contribution in [3.05, 3.63) is 51.2 Å². The number of thiophene rings is 1. The maximum atomic E-state index is 11.4. The monoisotopic (exact) mass is 307 g/mol. The fraction of sp³-hybridized carbons (Fsp3) is 0.312. The van der Waals surface area contributed by atoms with Crippen molar-refractivity contribution in [2.45, 2.75) is 26.3 Å². The molecule has 1 aromatic carbocycles. The highest BCUT2D eigenvalue weighted by molar-refractivity contribution is 7.09. The van der Waals surface area contributed by atoms with Gasteiger partial charge < -0.3 is 4.90 Å². The van der Waals surface area contributed by atoms with Crippen LogP contribution < -0.4 is 4.90 Å². The van der Waals surface area contributed by atoms with E-state index in [0.29, 0.717) is 16.6 Å². The minimum absolute atomic E-state index is 0.0349. The van der Waals surface area contributed by atoms with Crippen LogP contribution in [0.1, 0.15) is 29.1 Å². The molecule has 0 saturated heterocycles. The number of hydrogen-bond acceptors (Lipinski definition) is 3. The third-order valence-corrected chi connectivity index (χ3v) is 4.67. The first-order valence-electron chi connectivity index (χ1n) is 6.54. The van der Waals surface area contributed by atoms with E-state index in [-0.39, 0.29) is 5.78 Å². The fourth-order valence-corrected chi connectivity index (χ4v) is 3.25. The average Bonchev–Trinajstić information content (AvgIpc) is 2.90. The number of benzene rings is 1. The molecule has 2 aromatic rings. The van der Waals surface area contributed by atoms with Crippen LogP contribution in [0, 0.1) is 0 Å². The lowest BCUT2D eigenvalue weighted by molar-refractivity contribution is 0.101. The van der Waals surface area contributed by atoms with Gasteiger partial charge in [-0.25, -0.2) is 0 Å². The smallest absolute Gasteiger partial charge is 0.159 e. The molecule has 20 heavy (non-hydrogen) atoms. The predicted molar refractivity (Wildman–Crippen MR) is 87.3 cm³/mol. The molecule has 1 aromatic heterocycles. The maximum Gasteiger partial charge on any atom is 0.159 e. The number of carbonyl (C=O) groups excluding carboxylic acids is 1. The van der Waals surface area contributed by atoms with Crippen LogP contribution in [0.4, 0.5) is 5.69 Å². The van der Waals surface area contributed by atoms with Crippen LogP contribution in [-0.4, -0.2) is 18.9 Å². The zero-order valence-corrected chi connectivity index (χ0v) is 13.5. The minimum Gasteiger partial charge on any atom is -0.370 e. The molecule has 0 bridgehead atoms. The van der Waals surface area contributed by atoms with Gasteiger partial charge in [-0.2, -0.15) is 0 Å². The van der Waals surface area contributed by atoms with Crippen molar-refractivity contribution in [3.63, 3.8) is 0 Å². The van der Waals surface area contributed by atoms with E-state index >= 15 is 0 Å². The second-order valence-electron chi connectivity index (χ2n) is 4.97. The van der Waals surface area contributed by atoms with Crippen LogP contribution >= 0.6 is 22.9 Å². The van der Waals surface area contributed by atoms with Gasteiger partial charge in [0, 0.05) is 30.0 Å². The zero-order valence-electron chi connectivity index (χ0n) is 11.9. The normalized spacial score (nSPS) is 12.2. The summed E-state index contributed by atoms with van der Waals surface area (Å²) in [6, 6.07) is 10.1. The van der Waals surface area contributed by atoms with Crippen LogP contribution in [0.5, 0.6) is 0 Å². The molecule has 0 aliphatic carbocycles. The van der Waals surface area contributed by atoms with E-state index in [1.54, 1.807) is 24.3 Å². The Balaban J connectivity index is 2.16. The summed E-state index contributed by atoms with van der Waals surface area (Å²) in [4.78, 5) is 14.9. The first kappa shape index (κ1) is 15.1. The lowest BCUT2D eigenvalue weighted by atomic mass is 10.1. The largest absolute Gasteiger partial charge is 0.370 e. The Hall–Kier alpha value is -1.32. The Morgan fingerprint density at radius 1 is 1.40 bits per heavy atom. The summed E-state index contributed by atoms with van der Waals surface area (Å²) >= 11 is 8.07. The molecule has 1 atom stereocenters. The summed E-state index contributed by atoms with van der Waals surface area (Å²) in [5.41, 5.74) is 1.61. The van der Waals surface area contributed by atoms with Crippen LogP contribution in [0.25, 0.3) is 0 Å². The highest BCUT2D eigenvalue weighted by atomic mass is 35.5. The molecule has 4 heteroatoms. The molecular formula is C16H18ClNOS. The van der Waals surface area contributed by atoms with Crippen molar-refractivity contribution in [1.82, 2.24) is 0 Å². The number of carbonyl (C=O) groups is 1. The Morgan fingerprint density at radius 3 is 2.70 bits per heavy atom. The van der Waals surface area contributed by atoms with Crippen LogP contribution in [0.3, 0.4) is 0 Å². The van der Waals surface area contributed by atoms with Gasteiger partial charge in [0.2, 0.25) is 0 Å². The third-order valence-electron chi connectivity index (χ3n) is 3.47. The van der Waals surface area contributed by atoms with E-state index in [1.165, 1.54) is 4.88 Å². The van der Waals surface area contributed by atoms with Crippen molar-refractivity contribution in [1.29, 1.82) is 0 Å². The summed E-state index contributed by atoms with van der Waals surface area (Å²) in [6.07, 6.45) is 0.985. The summed E-state index contributed by atoms with van der Waals surface area (Å²) in [7, 11) is 2.03. The van der Waals surface area contributed by atoms with Gasteiger partial charge >= 0.3 is 0 Å². The third kappa shape index (κ3) is 3.41. The lowest BCUT2D eigenvalue weighted by Gasteiger charge is -2.27. The molecule has 0 N–H and O–H groups in total. The molecule has 0 radical (unpaired) electrons. The van der Waals surface area contributed by atoms with E-state index in [0.717, 1.165) is 12.1 Å². The Bertz CT molecular complexity index is 595. The summed E-state index contributed by atoms with van der Waals surface area (Å²) in [5, 5.41) is 2.72. The maximum absolute atomic E-state index is 11.4. The molecule has 1 heterocycles. The topological polar surface area (TPSA) is 20.3 Å². The number of ketones is 1. The quantitative estimate of drug-likeness (QED) is 0.748. The van der Waals surface area contributed by atoms with Gasteiger partial charge in [-0.3, -0.25) is 4.79 Å². The Kier molecular flexibility index (Phi) is 4.84. The van der Waals surface area contributed by atoms with Crippen molar-refractivity contribution < 1.29 is 4.79 Å². The number of halogens is 1. The lowest BCUT2D eigenvalue weighted by Crippen LogP contribution is -2.30. The average molecular weight is 308 g/mol. The second-order valence-corrected chi connectivity index (χ2v) is 6.41. The van der Waals surface area contributed by atoms with Crippen molar-refractivity contribution in [3.8, 4) is 0 Å². The molecule has 0 aliphatic rings. The SMILES string of the molecule is CC(=O)c1ccc(N(C)C(C)Cc2cccs2)c(Cl)c1. The second kappa shape index (κ2) is 6.42. The highest BCUT2D eigenvalue weighted by Gasteiger charge is 2.15. The van der Waals surface area contributed by atoms with Crippen LogP contribution in [-0.2, 0) is 6.42 Å². The Morgan fingerprint density at radius 2 is 2.15 bits per heavy atom. The highest BCUT2D eigenvalue weighted by Crippen LogP contribution is 2.28. The Labute approximate surface area is 129 Å². The van der Waals surface area contributed by atoms with Crippen LogP contribution in [0.15, 0.2) is 35.7 Å². The van der Waals surface area contributed by atoms with E-state index in [9.17, 15) is 4.79 Å². The van der Waals surface area contributed by atoms with E-state index in [4.69, 9.17) is 11.6 Å². The van der Waals surface area contributed by atoms with Crippen LogP contribution in [0.2, 0.25) is 5.02 Å². The van der Waals surface area contributed by atoms with Gasteiger partial charge in [-0.05, 0) is 43.5 Å². The van der Waals surface area contributed by atoms with Gasteiger partial charge in [-0.1, -0.05) is 17.7 Å². The summed E-state index contributed by atoms with van der Waals surface area (Å²) in [5.74, 6) is 0.0349. The molecule has 1 unspecified atom stereocenters. The van der Waals surface area contributed by atoms with E-state index in [1.807, 2.05) is 19.2 Å². The molecule has 0 spiro atoms. The molecular weight excluding hydrogens is 290 g/mol. The summed E-state index contributed by atoms with van der Waals surface area (Å²) < 4.78 is 0. The van der Waals surface area contributed by atoms with Crippen molar-refractivity contribution >= 4 is 34.4 Å². The van der Waals surface area contributed by atoms with Crippen molar-refractivity contribution in [2.75, 3.05) is 11.9 Å². The molecule has 0 aliphatic heterocycles. The number of rotatable bonds is 5. The van der Waals surface area contributed by atoms with Crippen molar-refractivity contribution in [2.24, 2.45) is 0 Å². The minimum atomic E-state index is 0.0349. The van der Waals surface area contributed by atoms with E-state index < -0.39 is 0 Å². The molecule has 0 fully saturated rings. The number of likely N-dealkylation sites (N-methyl/N-ethyl adjacent to an activating group) is 1. The number of anilines is 1. The molecule has 0 saturated carbocycles. The van der Waals surface area contributed by atoms with Gasteiger partial charge in [0.15, 0.2) is 5.78 Å². The zero-order chi connectivity index (χ0) is 14.7. The number of nitrogens with zero attached hydrogens (tertiary/aromatic N) is 1. The standard InChI is InChI=1S/C16H18ClNOS/c1-11(9-14-5-4-8-20-14)18(3)16-7-6-13(12(2)19)10-15(16)17/h4-8,10-11H,9H2,1-3H3. The first-order chi connectivity index (χ1) is 9.49. The predicted octanol–water partition coefficient (Wildman–Crippen LogP) is 4.67. The van der Waals surface area contributed by atoms with Gasteiger partial charge in [0.05, 0.1) is 10.7 Å². The first-order valence-corrected chi connectivity index (χ1v) is 7.80. The molecule has 2 nitrogen and oxygen atoms in total. The summed E-state index contributed by atoms with van der Waals surface area (Å²) in [6.45, 7) is 3.73. The van der Waals surface area contributed by atoms with E-state index in [2.05, 4.69) is 29.3 Å². The number of hydrogen-bond donors (Lipinski definition) is 0. The fourth-order valence-electron chi connectivity index (χ4n) is 2.11. The molecule has 106 valence electrons.